The number of benzene rings is 1. The third kappa shape index (κ3) is 4.30. The zero-order valence-corrected chi connectivity index (χ0v) is 15.0. The first-order valence-electron chi connectivity index (χ1n) is 8.25. The lowest BCUT2D eigenvalue weighted by molar-refractivity contribution is 0.0983. The number of nitrogens with two attached hydrogens (primary N) is 1. The van der Waals surface area contributed by atoms with Gasteiger partial charge in [0.15, 0.2) is 0 Å². The molecular formula is C18H29BrN2. The molecule has 1 aromatic carbocycles. The summed E-state index contributed by atoms with van der Waals surface area (Å²) in [6.45, 7) is 4.09. The number of hydrogen-bond acceptors (Lipinski definition) is 2. The maximum absolute atomic E-state index is 6.22. The van der Waals surface area contributed by atoms with Crippen LogP contribution in [-0.4, -0.2) is 24.0 Å². The summed E-state index contributed by atoms with van der Waals surface area (Å²) in [5, 5.41) is 0. The van der Waals surface area contributed by atoms with E-state index in [0.717, 1.165) is 23.5 Å². The molecule has 21 heavy (non-hydrogen) atoms. The Hall–Kier alpha value is -0.380. The highest BCUT2D eigenvalue weighted by Crippen LogP contribution is 2.35. The predicted octanol–water partition coefficient (Wildman–Crippen LogP) is 4.57. The van der Waals surface area contributed by atoms with E-state index in [1.54, 1.807) is 0 Å². The van der Waals surface area contributed by atoms with Gasteiger partial charge < -0.3 is 5.73 Å². The first-order valence-corrected chi connectivity index (χ1v) is 9.04. The minimum Gasteiger partial charge on any atom is -0.329 e. The summed E-state index contributed by atoms with van der Waals surface area (Å²) in [6, 6.07) is 8.66. The lowest BCUT2D eigenvalue weighted by atomic mass is 9.87. The second-order valence-electron chi connectivity index (χ2n) is 6.62. The van der Waals surface area contributed by atoms with Gasteiger partial charge in [-0.25, -0.2) is 0 Å². The molecule has 2 rings (SSSR count). The highest BCUT2D eigenvalue weighted by molar-refractivity contribution is 9.10. The summed E-state index contributed by atoms with van der Waals surface area (Å²) in [5.74, 6) is 0.902. The van der Waals surface area contributed by atoms with Crippen molar-refractivity contribution in [3.63, 3.8) is 0 Å². The van der Waals surface area contributed by atoms with Crippen LogP contribution < -0.4 is 5.73 Å². The van der Waals surface area contributed by atoms with Crippen molar-refractivity contribution >= 4 is 15.9 Å². The molecule has 0 aliphatic heterocycles. The molecule has 1 fully saturated rings. The summed E-state index contributed by atoms with van der Waals surface area (Å²) >= 11 is 3.50. The molecule has 3 heteroatoms. The van der Waals surface area contributed by atoms with Crippen molar-refractivity contribution in [2.45, 2.75) is 57.5 Å². The summed E-state index contributed by atoms with van der Waals surface area (Å²) in [7, 11) is 2.25. The van der Waals surface area contributed by atoms with E-state index in [9.17, 15) is 0 Å². The van der Waals surface area contributed by atoms with Crippen molar-refractivity contribution in [1.29, 1.82) is 0 Å². The van der Waals surface area contributed by atoms with E-state index >= 15 is 0 Å². The zero-order valence-electron chi connectivity index (χ0n) is 13.4. The van der Waals surface area contributed by atoms with Crippen molar-refractivity contribution in [2.75, 3.05) is 13.6 Å². The van der Waals surface area contributed by atoms with Gasteiger partial charge in [0.2, 0.25) is 0 Å². The highest BCUT2D eigenvalue weighted by atomic mass is 79.9. The average molecular weight is 353 g/mol. The Bertz CT molecular complexity index is 431. The van der Waals surface area contributed by atoms with Crippen LogP contribution in [0.25, 0.3) is 0 Å². The molecule has 0 saturated heterocycles. The van der Waals surface area contributed by atoms with Crippen molar-refractivity contribution in [3.8, 4) is 0 Å². The van der Waals surface area contributed by atoms with Gasteiger partial charge in [-0.05, 0) is 49.9 Å². The molecule has 2 N–H and O–H groups in total. The smallest absolute Gasteiger partial charge is 0.0332 e. The van der Waals surface area contributed by atoms with E-state index in [1.807, 2.05) is 0 Å². The molecule has 0 spiro atoms. The number of hydrogen-bond donors (Lipinski definition) is 1. The molecule has 118 valence electrons. The third-order valence-electron chi connectivity index (χ3n) is 5.37. The van der Waals surface area contributed by atoms with Crippen molar-refractivity contribution in [2.24, 2.45) is 11.7 Å². The van der Waals surface area contributed by atoms with Crippen LogP contribution in [0.1, 0.15) is 51.0 Å². The molecule has 0 heterocycles. The third-order valence-corrected chi connectivity index (χ3v) is 5.90. The highest BCUT2D eigenvalue weighted by Gasteiger charge is 2.35. The van der Waals surface area contributed by atoms with Crippen LogP contribution >= 0.6 is 15.9 Å². The Morgan fingerprint density at radius 1 is 1.24 bits per heavy atom. The van der Waals surface area contributed by atoms with Gasteiger partial charge in [-0.1, -0.05) is 54.2 Å². The van der Waals surface area contributed by atoms with E-state index in [2.05, 4.69) is 59.1 Å². The predicted molar refractivity (Wildman–Crippen MR) is 94.3 cm³/mol. The molecule has 0 aromatic heterocycles. The number of rotatable bonds is 5. The summed E-state index contributed by atoms with van der Waals surface area (Å²) in [4.78, 5) is 2.51. The molecule has 1 aromatic rings. The Morgan fingerprint density at radius 3 is 2.57 bits per heavy atom. The Morgan fingerprint density at radius 2 is 1.95 bits per heavy atom. The fourth-order valence-corrected chi connectivity index (χ4v) is 3.91. The molecule has 1 saturated carbocycles. The van der Waals surface area contributed by atoms with Gasteiger partial charge in [0.25, 0.3) is 0 Å². The second kappa shape index (κ2) is 7.75. The fourth-order valence-electron chi connectivity index (χ4n) is 3.64. The molecule has 2 unspecified atom stereocenters. The molecule has 1 aliphatic carbocycles. The number of likely N-dealkylation sites (N-methyl/N-ethyl adjacent to an activating group) is 1. The summed E-state index contributed by atoms with van der Waals surface area (Å²) in [6.07, 6.45) is 7.84. The van der Waals surface area contributed by atoms with E-state index in [1.165, 1.54) is 44.1 Å². The van der Waals surface area contributed by atoms with Crippen LogP contribution in [-0.2, 0) is 6.54 Å². The second-order valence-corrected chi connectivity index (χ2v) is 7.53. The summed E-state index contributed by atoms with van der Waals surface area (Å²) < 4.78 is 1.14. The minimum atomic E-state index is 0.191. The van der Waals surface area contributed by atoms with Crippen LogP contribution in [0, 0.1) is 5.92 Å². The van der Waals surface area contributed by atoms with Gasteiger partial charge in [0, 0.05) is 23.1 Å². The lowest BCUT2D eigenvalue weighted by Gasteiger charge is -2.41. The quantitative estimate of drug-likeness (QED) is 0.786. The van der Waals surface area contributed by atoms with Gasteiger partial charge in [-0.3, -0.25) is 4.90 Å². The average Bonchev–Trinajstić information content (AvgIpc) is 2.72. The molecule has 2 nitrogen and oxygen atoms in total. The monoisotopic (exact) mass is 352 g/mol. The standard InChI is InChI=1S/C18H29BrN2/c1-3-15-5-4-11-18(14-20,12-10-15)21(2)13-16-6-8-17(19)9-7-16/h6-9,15H,3-5,10-14,20H2,1-2H3. The molecule has 0 bridgehead atoms. The van der Waals surface area contributed by atoms with Crippen LogP contribution in [0.5, 0.6) is 0 Å². The van der Waals surface area contributed by atoms with Gasteiger partial charge in [-0.2, -0.15) is 0 Å². The minimum absolute atomic E-state index is 0.191. The SMILES string of the molecule is CCC1CCCC(CN)(N(C)Cc2ccc(Br)cc2)CC1. The van der Waals surface area contributed by atoms with Crippen molar-refractivity contribution < 1.29 is 0 Å². The maximum Gasteiger partial charge on any atom is 0.0332 e. The van der Waals surface area contributed by atoms with Gasteiger partial charge >= 0.3 is 0 Å². The van der Waals surface area contributed by atoms with Crippen LogP contribution in [0.2, 0.25) is 0 Å². The van der Waals surface area contributed by atoms with Crippen molar-refractivity contribution in [1.82, 2.24) is 4.90 Å². The van der Waals surface area contributed by atoms with E-state index in [4.69, 9.17) is 5.73 Å². The topological polar surface area (TPSA) is 29.3 Å². The van der Waals surface area contributed by atoms with Gasteiger partial charge in [0.1, 0.15) is 0 Å². The molecular weight excluding hydrogens is 324 g/mol. The molecule has 0 amide bonds. The number of nitrogens with zero attached hydrogens (tertiary/aromatic N) is 1. The van der Waals surface area contributed by atoms with Crippen LogP contribution in [0.3, 0.4) is 0 Å². The Balaban J connectivity index is 2.06. The Labute approximate surface area is 138 Å². The first-order chi connectivity index (χ1) is 10.1. The van der Waals surface area contributed by atoms with E-state index < -0.39 is 0 Å². The largest absolute Gasteiger partial charge is 0.329 e. The molecule has 2 atom stereocenters. The normalized spacial score (nSPS) is 26.8. The molecule has 0 radical (unpaired) electrons. The lowest BCUT2D eigenvalue weighted by Crippen LogP contribution is -2.51. The fraction of sp³-hybridized carbons (Fsp3) is 0.667. The van der Waals surface area contributed by atoms with Gasteiger partial charge in [0.05, 0.1) is 0 Å². The first kappa shape index (κ1) is 17.0. The zero-order chi connectivity index (χ0) is 15.3. The van der Waals surface area contributed by atoms with Crippen LogP contribution in [0.4, 0.5) is 0 Å². The van der Waals surface area contributed by atoms with Gasteiger partial charge in [-0.15, -0.1) is 0 Å². The summed E-state index contributed by atoms with van der Waals surface area (Å²) in [5.41, 5.74) is 7.78. The number of halogens is 1. The van der Waals surface area contributed by atoms with E-state index in [0.29, 0.717) is 0 Å². The van der Waals surface area contributed by atoms with E-state index in [-0.39, 0.29) is 5.54 Å². The molecule has 1 aliphatic rings. The maximum atomic E-state index is 6.22. The van der Waals surface area contributed by atoms with Crippen molar-refractivity contribution in [3.05, 3.63) is 34.3 Å². The van der Waals surface area contributed by atoms with Crippen LogP contribution in [0.15, 0.2) is 28.7 Å². The Kier molecular flexibility index (Phi) is 6.27.